The summed E-state index contributed by atoms with van der Waals surface area (Å²) in [5, 5.41) is -0.618. The van der Waals surface area contributed by atoms with Crippen molar-refractivity contribution < 1.29 is 26.7 Å². The molecule has 0 fully saturated rings. The van der Waals surface area contributed by atoms with E-state index >= 15 is 0 Å². The van der Waals surface area contributed by atoms with Gasteiger partial charge in [-0.2, -0.15) is 0 Å². The van der Waals surface area contributed by atoms with E-state index in [1.165, 1.54) is 27.2 Å². The van der Waals surface area contributed by atoms with Crippen LogP contribution in [0.15, 0.2) is 29.4 Å². The molecule has 0 unspecified atom stereocenters. The van der Waals surface area contributed by atoms with Crippen molar-refractivity contribution in [3.05, 3.63) is 30.0 Å². The topological polar surface area (TPSA) is 78.4 Å². The average molecular weight is 358 g/mol. The quantitative estimate of drug-likeness (QED) is 0.739. The fourth-order valence-corrected chi connectivity index (χ4v) is 2.71. The second-order valence-corrected chi connectivity index (χ2v) is 6.91. The molecule has 0 amide bonds. The SMILES string of the molecule is CCS(=O)(=O)c1nc(-c2ccc(OC)c(OC)c2)cc(C(F)F)n1. The Labute approximate surface area is 138 Å². The maximum atomic E-state index is 13.1. The molecule has 2 rings (SSSR count). The van der Waals surface area contributed by atoms with Crippen LogP contribution in [0, 0.1) is 0 Å². The van der Waals surface area contributed by atoms with Crippen LogP contribution in [0.3, 0.4) is 0 Å². The van der Waals surface area contributed by atoms with Crippen molar-refractivity contribution in [3.63, 3.8) is 0 Å². The first-order valence-corrected chi connectivity index (χ1v) is 8.60. The predicted molar refractivity (Wildman–Crippen MR) is 83.3 cm³/mol. The van der Waals surface area contributed by atoms with Crippen molar-refractivity contribution >= 4 is 9.84 Å². The van der Waals surface area contributed by atoms with Crippen LogP contribution in [0.1, 0.15) is 19.0 Å². The van der Waals surface area contributed by atoms with Crippen LogP contribution in [0.25, 0.3) is 11.3 Å². The van der Waals surface area contributed by atoms with Gasteiger partial charge in [0.05, 0.1) is 25.7 Å². The number of alkyl halides is 2. The Balaban J connectivity index is 2.66. The number of methoxy groups -OCH3 is 2. The summed E-state index contributed by atoms with van der Waals surface area (Å²) in [5.41, 5.74) is -0.181. The summed E-state index contributed by atoms with van der Waals surface area (Å²) in [6, 6.07) is 5.73. The number of hydrogen-bond donors (Lipinski definition) is 0. The van der Waals surface area contributed by atoms with E-state index in [-0.39, 0.29) is 11.4 Å². The number of rotatable bonds is 6. The van der Waals surface area contributed by atoms with E-state index < -0.39 is 27.1 Å². The highest BCUT2D eigenvalue weighted by atomic mass is 32.2. The molecular formula is C15H16F2N2O4S. The van der Waals surface area contributed by atoms with Gasteiger partial charge in [0.25, 0.3) is 6.43 Å². The van der Waals surface area contributed by atoms with Gasteiger partial charge in [0, 0.05) is 5.56 Å². The first-order valence-electron chi connectivity index (χ1n) is 6.94. The third kappa shape index (κ3) is 3.61. The van der Waals surface area contributed by atoms with Crippen molar-refractivity contribution in [1.29, 1.82) is 0 Å². The lowest BCUT2D eigenvalue weighted by Gasteiger charge is -2.11. The van der Waals surface area contributed by atoms with E-state index in [0.717, 1.165) is 6.07 Å². The normalized spacial score (nSPS) is 11.6. The zero-order valence-corrected chi connectivity index (χ0v) is 14.1. The molecule has 0 saturated heterocycles. The Morgan fingerprint density at radius 3 is 2.29 bits per heavy atom. The first-order chi connectivity index (χ1) is 11.3. The van der Waals surface area contributed by atoms with Crippen LogP contribution < -0.4 is 9.47 Å². The largest absolute Gasteiger partial charge is 0.493 e. The molecule has 0 radical (unpaired) electrons. The number of hydrogen-bond acceptors (Lipinski definition) is 6. The van der Waals surface area contributed by atoms with Gasteiger partial charge in [-0.15, -0.1) is 0 Å². The molecule has 0 spiro atoms. The van der Waals surface area contributed by atoms with Gasteiger partial charge in [-0.1, -0.05) is 6.92 Å². The minimum absolute atomic E-state index is 0.0632. The summed E-state index contributed by atoms with van der Waals surface area (Å²) in [4.78, 5) is 7.40. The molecule has 2 aromatic rings. The molecule has 0 atom stereocenters. The van der Waals surface area contributed by atoms with E-state index in [2.05, 4.69) is 9.97 Å². The summed E-state index contributed by atoms with van der Waals surface area (Å²) in [6.45, 7) is 1.39. The molecule has 0 aliphatic rings. The molecule has 24 heavy (non-hydrogen) atoms. The van der Waals surface area contributed by atoms with Crippen molar-refractivity contribution in [2.45, 2.75) is 18.5 Å². The van der Waals surface area contributed by atoms with Crippen molar-refractivity contribution in [1.82, 2.24) is 9.97 Å². The van der Waals surface area contributed by atoms with Crippen LogP contribution in [-0.4, -0.2) is 38.4 Å². The summed E-state index contributed by atoms with van der Waals surface area (Å²) >= 11 is 0. The van der Waals surface area contributed by atoms with Crippen molar-refractivity contribution in [2.24, 2.45) is 0 Å². The fourth-order valence-electron chi connectivity index (χ4n) is 1.97. The van der Waals surface area contributed by atoms with Gasteiger partial charge < -0.3 is 9.47 Å². The molecule has 0 aliphatic carbocycles. The van der Waals surface area contributed by atoms with E-state index in [9.17, 15) is 17.2 Å². The van der Waals surface area contributed by atoms with Gasteiger partial charge in [-0.3, -0.25) is 0 Å². The Morgan fingerprint density at radius 2 is 1.75 bits per heavy atom. The Hall–Kier alpha value is -2.29. The zero-order chi connectivity index (χ0) is 17.9. The van der Waals surface area contributed by atoms with Crippen LogP contribution in [0.4, 0.5) is 8.78 Å². The van der Waals surface area contributed by atoms with Crippen molar-refractivity contribution in [2.75, 3.05) is 20.0 Å². The highest BCUT2D eigenvalue weighted by molar-refractivity contribution is 7.91. The summed E-state index contributed by atoms with van der Waals surface area (Å²) in [5.74, 6) is 0.531. The van der Waals surface area contributed by atoms with Gasteiger partial charge in [0.1, 0.15) is 5.69 Å². The highest BCUT2D eigenvalue weighted by Gasteiger charge is 2.22. The smallest absolute Gasteiger partial charge is 0.280 e. The fraction of sp³-hybridized carbons (Fsp3) is 0.333. The number of aromatic nitrogens is 2. The number of ether oxygens (including phenoxy) is 2. The predicted octanol–water partition coefficient (Wildman–Crippen LogP) is 2.89. The van der Waals surface area contributed by atoms with E-state index in [1.807, 2.05) is 0 Å². The molecule has 6 nitrogen and oxygen atoms in total. The molecule has 0 saturated carbocycles. The Bertz CT molecular complexity index is 841. The lowest BCUT2D eigenvalue weighted by Crippen LogP contribution is -2.11. The summed E-state index contributed by atoms with van der Waals surface area (Å²) in [7, 11) is -0.934. The van der Waals surface area contributed by atoms with Gasteiger partial charge in [-0.05, 0) is 24.3 Å². The van der Waals surface area contributed by atoms with E-state index in [4.69, 9.17) is 9.47 Å². The molecule has 0 N–H and O–H groups in total. The second kappa shape index (κ2) is 7.08. The minimum atomic E-state index is -3.82. The second-order valence-electron chi connectivity index (χ2n) is 4.73. The maximum absolute atomic E-state index is 13.1. The standard InChI is InChI=1S/C15H16F2N2O4S/c1-4-24(20,21)15-18-10(8-11(19-15)14(16)17)9-5-6-12(22-2)13(7-9)23-3/h5-8,14H,4H2,1-3H3. The summed E-state index contributed by atoms with van der Waals surface area (Å²) in [6.07, 6.45) is -2.92. The maximum Gasteiger partial charge on any atom is 0.280 e. The lowest BCUT2D eigenvalue weighted by atomic mass is 10.1. The van der Waals surface area contributed by atoms with Gasteiger partial charge in [-0.25, -0.2) is 27.2 Å². The zero-order valence-electron chi connectivity index (χ0n) is 13.3. The van der Waals surface area contributed by atoms with E-state index in [0.29, 0.717) is 17.1 Å². The average Bonchev–Trinajstić information content (AvgIpc) is 2.60. The van der Waals surface area contributed by atoms with Crippen LogP contribution in [0.2, 0.25) is 0 Å². The van der Waals surface area contributed by atoms with Gasteiger partial charge in [0.15, 0.2) is 11.5 Å². The monoisotopic (exact) mass is 358 g/mol. The number of benzene rings is 1. The van der Waals surface area contributed by atoms with E-state index in [1.54, 1.807) is 12.1 Å². The van der Waals surface area contributed by atoms with Gasteiger partial charge in [0.2, 0.25) is 15.0 Å². The number of nitrogens with zero attached hydrogens (tertiary/aromatic N) is 2. The van der Waals surface area contributed by atoms with Gasteiger partial charge >= 0.3 is 0 Å². The Morgan fingerprint density at radius 1 is 1.08 bits per heavy atom. The molecular weight excluding hydrogens is 342 g/mol. The highest BCUT2D eigenvalue weighted by Crippen LogP contribution is 2.33. The van der Waals surface area contributed by atoms with Crippen LogP contribution in [-0.2, 0) is 9.84 Å². The minimum Gasteiger partial charge on any atom is -0.493 e. The van der Waals surface area contributed by atoms with Crippen LogP contribution >= 0.6 is 0 Å². The third-order valence-electron chi connectivity index (χ3n) is 3.29. The molecule has 1 aromatic heterocycles. The summed E-state index contributed by atoms with van der Waals surface area (Å²) < 4.78 is 60.3. The number of halogens is 2. The Kier molecular flexibility index (Phi) is 5.33. The molecule has 0 bridgehead atoms. The molecule has 9 heteroatoms. The van der Waals surface area contributed by atoms with Crippen LogP contribution in [0.5, 0.6) is 11.5 Å². The lowest BCUT2D eigenvalue weighted by molar-refractivity contribution is 0.145. The molecule has 1 aromatic carbocycles. The first kappa shape index (κ1) is 18.1. The number of sulfone groups is 1. The molecule has 0 aliphatic heterocycles. The molecule has 130 valence electrons. The molecule has 1 heterocycles. The third-order valence-corrected chi connectivity index (χ3v) is 4.79. The van der Waals surface area contributed by atoms with Crippen molar-refractivity contribution in [3.8, 4) is 22.8 Å².